The molecule has 2 aromatic carbocycles. The molecule has 0 fully saturated rings. The highest BCUT2D eigenvalue weighted by atomic mass is 35.5. The van der Waals surface area contributed by atoms with Crippen molar-refractivity contribution in [2.75, 3.05) is 24.2 Å². The maximum atomic E-state index is 12.3. The first-order chi connectivity index (χ1) is 12.3. The monoisotopic (exact) mass is 413 g/mol. The molecule has 5 nitrogen and oxygen atoms in total. The molecule has 26 heavy (non-hydrogen) atoms. The minimum atomic E-state index is -0.540. The van der Waals surface area contributed by atoms with Gasteiger partial charge in [-0.3, -0.25) is 14.5 Å². The van der Waals surface area contributed by atoms with Gasteiger partial charge in [0.1, 0.15) is 0 Å². The summed E-state index contributed by atoms with van der Waals surface area (Å²) in [6.45, 7) is 1.70. The molecule has 0 heterocycles. The maximum Gasteiger partial charge on any atom is 0.241 e. The summed E-state index contributed by atoms with van der Waals surface area (Å²) in [4.78, 5) is 26.2. The second-order valence-electron chi connectivity index (χ2n) is 5.74. The Morgan fingerprint density at radius 1 is 1.04 bits per heavy atom. The lowest BCUT2D eigenvalue weighted by molar-refractivity contribution is -0.122. The standard InChI is InChI=1S/C18H18Cl3N3O2/c1-11(18(26)22-13-6-3-5-12(19)9-13)24(2)10-16(25)23-17-14(20)7-4-8-15(17)21/h3-9,11H,10H2,1-2H3,(H,22,26)(H,23,25)/t11-/m1/s1. The molecule has 2 amide bonds. The number of anilines is 2. The van der Waals surface area contributed by atoms with Crippen molar-refractivity contribution in [3.05, 3.63) is 57.5 Å². The van der Waals surface area contributed by atoms with E-state index in [9.17, 15) is 9.59 Å². The van der Waals surface area contributed by atoms with Crippen LogP contribution in [-0.4, -0.2) is 36.3 Å². The summed E-state index contributed by atoms with van der Waals surface area (Å²) < 4.78 is 0. The van der Waals surface area contributed by atoms with Crippen LogP contribution in [0, 0.1) is 0 Å². The van der Waals surface area contributed by atoms with E-state index in [0.717, 1.165) is 0 Å². The van der Waals surface area contributed by atoms with Gasteiger partial charge in [-0.25, -0.2) is 0 Å². The van der Waals surface area contributed by atoms with Crippen molar-refractivity contribution in [1.82, 2.24) is 4.90 Å². The Morgan fingerprint density at radius 3 is 2.27 bits per heavy atom. The van der Waals surface area contributed by atoms with Gasteiger partial charge in [0.25, 0.3) is 0 Å². The Hall–Kier alpha value is -1.79. The summed E-state index contributed by atoms with van der Waals surface area (Å²) in [5, 5.41) is 6.65. The molecule has 2 aromatic rings. The Balaban J connectivity index is 1.94. The Labute approximate surface area is 167 Å². The van der Waals surface area contributed by atoms with Gasteiger partial charge in [-0.05, 0) is 44.3 Å². The first-order valence-electron chi connectivity index (χ1n) is 7.78. The summed E-state index contributed by atoms with van der Waals surface area (Å²) in [5.41, 5.74) is 0.945. The number of nitrogens with zero attached hydrogens (tertiary/aromatic N) is 1. The van der Waals surface area contributed by atoms with Crippen LogP contribution in [0.25, 0.3) is 0 Å². The summed E-state index contributed by atoms with van der Waals surface area (Å²) in [6.07, 6.45) is 0. The van der Waals surface area contributed by atoms with E-state index in [4.69, 9.17) is 34.8 Å². The van der Waals surface area contributed by atoms with Gasteiger partial charge in [0, 0.05) is 10.7 Å². The normalized spacial score (nSPS) is 11.9. The molecule has 1 atom stereocenters. The first kappa shape index (κ1) is 20.5. The summed E-state index contributed by atoms with van der Waals surface area (Å²) in [5.74, 6) is -0.580. The average molecular weight is 415 g/mol. The van der Waals surface area contributed by atoms with Crippen molar-refractivity contribution >= 4 is 58.0 Å². The quantitative estimate of drug-likeness (QED) is 0.729. The number of carbonyl (C=O) groups excluding carboxylic acids is 2. The van der Waals surface area contributed by atoms with Gasteiger partial charge in [0.2, 0.25) is 11.8 Å². The number of carbonyl (C=O) groups is 2. The van der Waals surface area contributed by atoms with Crippen molar-refractivity contribution in [1.29, 1.82) is 0 Å². The van der Waals surface area contributed by atoms with E-state index >= 15 is 0 Å². The molecule has 0 aromatic heterocycles. The van der Waals surface area contributed by atoms with Crippen LogP contribution < -0.4 is 10.6 Å². The predicted octanol–water partition coefficient (Wildman–Crippen LogP) is 4.54. The van der Waals surface area contributed by atoms with Crippen LogP contribution in [-0.2, 0) is 9.59 Å². The lowest BCUT2D eigenvalue weighted by Crippen LogP contribution is -2.43. The van der Waals surface area contributed by atoms with E-state index in [1.165, 1.54) is 0 Å². The molecule has 0 aliphatic carbocycles. The fourth-order valence-corrected chi connectivity index (χ4v) is 2.85. The molecule has 2 N–H and O–H groups in total. The van der Waals surface area contributed by atoms with E-state index in [1.807, 2.05) is 0 Å². The van der Waals surface area contributed by atoms with Crippen LogP contribution in [0.5, 0.6) is 0 Å². The van der Waals surface area contributed by atoms with E-state index in [0.29, 0.717) is 26.4 Å². The molecular weight excluding hydrogens is 397 g/mol. The summed E-state index contributed by atoms with van der Waals surface area (Å²) in [6, 6.07) is 11.3. The molecule has 0 unspecified atom stereocenters. The third-order valence-electron chi connectivity index (χ3n) is 3.75. The zero-order valence-corrected chi connectivity index (χ0v) is 16.5. The van der Waals surface area contributed by atoms with Gasteiger partial charge in [-0.2, -0.15) is 0 Å². The number of amides is 2. The largest absolute Gasteiger partial charge is 0.325 e. The van der Waals surface area contributed by atoms with Crippen LogP contribution in [0.2, 0.25) is 15.1 Å². The van der Waals surface area contributed by atoms with Crippen molar-refractivity contribution in [3.8, 4) is 0 Å². The molecule has 0 radical (unpaired) electrons. The van der Waals surface area contributed by atoms with Crippen LogP contribution >= 0.6 is 34.8 Å². The number of nitrogens with one attached hydrogen (secondary N) is 2. The molecule has 0 saturated carbocycles. The van der Waals surface area contributed by atoms with E-state index in [2.05, 4.69) is 10.6 Å². The highest BCUT2D eigenvalue weighted by molar-refractivity contribution is 6.39. The van der Waals surface area contributed by atoms with E-state index < -0.39 is 6.04 Å². The molecule has 0 spiro atoms. The fourth-order valence-electron chi connectivity index (χ4n) is 2.17. The Bertz CT molecular complexity index is 794. The smallest absolute Gasteiger partial charge is 0.241 e. The third kappa shape index (κ3) is 5.61. The van der Waals surface area contributed by atoms with Crippen molar-refractivity contribution in [2.24, 2.45) is 0 Å². The average Bonchev–Trinajstić information content (AvgIpc) is 2.57. The van der Waals surface area contributed by atoms with Crippen LogP contribution in [0.15, 0.2) is 42.5 Å². The first-order valence-corrected chi connectivity index (χ1v) is 8.92. The summed E-state index contributed by atoms with van der Waals surface area (Å²) in [7, 11) is 1.68. The SMILES string of the molecule is C[C@H](C(=O)Nc1cccc(Cl)c1)N(C)CC(=O)Nc1c(Cl)cccc1Cl. The number of likely N-dealkylation sites (N-methyl/N-ethyl adjacent to an activating group) is 1. The maximum absolute atomic E-state index is 12.3. The molecular formula is C18H18Cl3N3O2. The minimum absolute atomic E-state index is 0.00825. The highest BCUT2D eigenvalue weighted by Crippen LogP contribution is 2.29. The van der Waals surface area contributed by atoms with Gasteiger partial charge >= 0.3 is 0 Å². The number of rotatable bonds is 6. The van der Waals surface area contributed by atoms with Crippen LogP contribution in [0.4, 0.5) is 11.4 Å². The number of halogens is 3. The van der Waals surface area contributed by atoms with Crippen molar-refractivity contribution < 1.29 is 9.59 Å². The second-order valence-corrected chi connectivity index (χ2v) is 6.99. The zero-order chi connectivity index (χ0) is 19.3. The highest BCUT2D eigenvalue weighted by Gasteiger charge is 2.21. The van der Waals surface area contributed by atoms with Crippen molar-refractivity contribution in [3.63, 3.8) is 0 Å². The molecule has 0 saturated heterocycles. The van der Waals surface area contributed by atoms with E-state index in [-0.39, 0.29) is 18.4 Å². The lowest BCUT2D eigenvalue weighted by atomic mass is 10.2. The number of benzene rings is 2. The third-order valence-corrected chi connectivity index (χ3v) is 4.62. The molecule has 0 aliphatic rings. The van der Waals surface area contributed by atoms with Gasteiger partial charge in [-0.1, -0.05) is 46.9 Å². The van der Waals surface area contributed by atoms with Crippen LogP contribution in [0.3, 0.4) is 0 Å². The summed E-state index contributed by atoms with van der Waals surface area (Å²) >= 11 is 18.0. The van der Waals surface area contributed by atoms with Crippen LogP contribution in [0.1, 0.15) is 6.92 Å². The van der Waals surface area contributed by atoms with Crippen molar-refractivity contribution in [2.45, 2.75) is 13.0 Å². The molecule has 8 heteroatoms. The van der Waals surface area contributed by atoms with Gasteiger partial charge in [0.15, 0.2) is 0 Å². The Kier molecular flexibility index (Phi) is 7.29. The molecule has 2 rings (SSSR count). The molecule has 138 valence electrons. The van der Waals surface area contributed by atoms with E-state index in [1.54, 1.807) is 61.3 Å². The number of hydrogen-bond donors (Lipinski definition) is 2. The topological polar surface area (TPSA) is 61.4 Å². The Morgan fingerprint density at radius 2 is 1.65 bits per heavy atom. The zero-order valence-electron chi connectivity index (χ0n) is 14.2. The minimum Gasteiger partial charge on any atom is -0.325 e. The lowest BCUT2D eigenvalue weighted by Gasteiger charge is -2.23. The van der Waals surface area contributed by atoms with Gasteiger partial charge < -0.3 is 10.6 Å². The number of para-hydroxylation sites is 1. The second kappa shape index (κ2) is 9.24. The van der Waals surface area contributed by atoms with Gasteiger partial charge in [-0.15, -0.1) is 0 Å². The van der Waals surface area contributed by atoms with Gasteiger partial charge in [0.05, 0.1) is 28.3 Å². The number of hydrogen-bond acceptors (Lipinski definition) is 3. The molecule has 0 bridgehead atoms. The predicted molar refractivity (Wildman–Crippen MR) is 107 cm³/mol. The fraction of sp³-hybridized carbons (Fsp3) is 0.222. The molecule has 0 aliphatic heterocycles.